The average Bonchev–Trinajstić information content (AvgIpc) is 2.26. The van der Waals surface area contributed by atoms with Crippen LogP contribution in [-0.4, -0.2) is 85.9 Å². The first-order valence-electron chi connectivity index (χ1n) is 6.78. The smallest absolute Gasteiger partial charge is 0.168 e. The minimum Gasteiger partial charge on any atom is -0.388 e. The van der Waals surface area contributed by atoms with Crippen LogP contribution in [0.15, 0.2) is 0 Å². The standard InChI is InChI=1S/C13H22Br2N2O3/c1-12(19)5-16(6-12)9(3-14)11(18)10(4-15)17-7-13(2,20)8-17/h9-10,19-20H,3-8H2,1-2H3. The Morgan fingerprint density at radius 3 is 1.50 bits per heavy atom. The van der Waals surface area contributed by atoms with E-state index in [-0.39, 0.29) is 17.9 Å². The molecular formula is C13H22Br2N2O3. The van der Waals surface area contributed by atoms with Crippen LogP contribution in [0.3, 0.4) is 0 Å². The van der Waals surface area contributed by atoms with Gasteiger partial charge >= 0.3 is 0 Å². The van der Waals surface area contributed by atoms with Crippen molar-refractivity contribution in [2.75, 3.05) is 36.8 Å². The Balaban J connectivity index is 1.97. The number of carbonyl (C=O) groups excluding carboxylic acids is 1. The summed E-state index contributed by atoms with van der Waals surface area (Å²) in [6.45, 7) is 5.69. The lowest BCUT2D eigenvalue weighted by molar-refractivity contribution is -0.149. The maximum atomic E-state index is 12.7. The molecule has 0 amide bonds. The fourth-order valence-electron chi connectivity index (χ4n) is 3.03. The van der Waals surface area contributed by atoms with Crippen molar-refractivity contribution < 1.29 is 15.0 Å². The SMILES string of the molecule is CC1(O)CN(C(CBr)C(=O)C(CBr)N2CC(C)(O)C2)C1. The maximum Gasteiger partial charge on any atom is 0.168 e. The minimum absolute atomic E-state index is 0.143. The van der Waals surface area contributed by atoms with Gasteiger partial charge in [0.2, 0.25) is 0 Å². The topological polar surface area (TPSA) is 64.0 Å². The number of aliphatic hydroxyl groups is 2. The molecule has 2 aliphatic rings. The van der Waals surface area contributed by atoms with E-state index in [9.17, 15) is 15.0 Å². The first kappa shape index (κ1) is 16.8. The normalized spacial score (nSPS) is 28.3. The molecule has 2 fully saturated rings. The zero-order valence-corrected chi connectivity index (χ0v) is 15.0. The van der Waals surface area contributed by atoms with Crippen molar-refractivity contribution in [1.82, 2.24) is 9.80 Å². The van der Waals surface area contributed by atoms with Crippen LogP contribution in [0.25, 0.3) is 0 Å². The monoisotopic (exact) mass is 412 g/mol. The molecule has 116 valence electrons. The van der Waals surface area contributed by atoms with E-state index in [2.05, 4.69) is 31.9 Å². The van der Waals surface area contributed by atoms with Crippen LogP contribution in [0, 0.1) is 0 Å². The number of nitrogens with zero attached hydrogens (tertiary/aromatic N) is 2. The molecule has 2 aliphatic heterocycles. The fourth-order valence-corrected chi connectivity index (χ4v) is 4.48. The van der Waals surface area contributed by atoms with Gasteiger partial charge in [-0.2, -0.15) is 0 Å². The van der Waals surface area contributed by atoms with Crippen LogP contribution in [0.1, 0.15) is 13.8 Å². The molecule has 0 radical (unpaired) electrons. The largest absolute Gasteiger partial charge is 0.388 e. The van der Waals surface area contributed by atoms with Gasteiger partial charge in [-0.3, -0.25) is 14.6 Å². The third-order valence-electron chi connectivity index (χ3n) is 4.01. The number of β-amino-alcohol motifs (C(OH)–C–C–N with tert-alkyl or cyclic N) is 2. The van der Waals surface area contributed by atoms with Gasteiger partial charge in [0.1, 0.15) is 0 Å². The molecule has 2 heterocycles. The number of likely N-dealkylation sites (tertiary alicyclic amines) is 2. The number of halogens is 2. The van der Waals surface area contributed by atoms with E-state index >= 15 is 0 Å². The Bertz CT molecular complexity index is 340. The summed E-state index contributed by atoms with van der Waals surface area (Å²) in [4.78, 5) is 16.7. The lowest BCUT2D eigenvalue weighted by atomic mass is 9.89. The third-order valence-corrected chi connectivity index (χ3v) is 5.23. The molecule has 0 saturated carbocycles. The second kappa shape index (κ2) is 5.93. The molecule has 2 unspecified atom stereocenters. The van der Waals surface area contributed by atoms with Crippen LogP contribution in [0.2, 0.25) is 0 Å². The van der Waals surface area contributed by atoms with Gasteiger partial charge in [-0.1, -0.05) is 31.9 Å². The van der Waals surface area contributed by atoms with Crippen molar-refractivity contribution in [3.8, 4) is 0 Å². The van der Waals surface area contributed by atoms with Crippen LogP contribution in [-0.2, 0) is 4.79 Å². The third kappa shape index (κ3) is 3.44. The molecule has 0 aromatic heterocycles. The van der Waals surface area contributed by atoms with Crippen molar-refractivity contribution in [2.45, 2.75) is 37.1 Å². The van der Waals surface area contributed by atoms with E-state index in [4.69, 9.17) is 0 Å². The average molecular weight is 414 g/mol. The van der Waals surface area contributed by atoms with Crippen molar-refractivity contribution >= 4 is 37.6 Å². The molecule has 2 atom stereocenters. The summed E-state index contributed by atoms with van der Waals surface area (Å²) in [6, 6.07) is -0.438. The van der Waals surface area contributed by atoms with E-state index in [1.54, 1.807) is 13.8 Å². The predicted octanol–water partition coefficient (Wildman–Crippen LogP) is 0.216. The molecular weight excluding hydrogens is 392 g/mol. The molecule has 0 aromatic rings. The van der Waals surface area contributed by atoms with Crippen molar-refractivity contribution in [1.29, 1.82) is 0 Å². The molecule has 7 heteroatoms. The van der Waals surface area contributed by atoms with Crippen molar-refractivity contribution in [2.24, 2.45) is 0 Å². The first-order valence-corrected chi connectivity index (χ1v) is 9.02. The molecule has 0 aromatic carbocycles. The highest BCUT2D eigenvalue weighted by Crippen LogP contribution is 2.28. The molecule has 0 aliphatic carbocycles. The lowest BCUT2D eigenvalue weighted by Gasteiger charge is -2.51. The quantitative estimate of drug-likeness (QED) is 0.609. The van der Waals surface area contributed by atoms with E-state index in [1.807, 2.05) is 9.80 Å². The van der Waals surface area contributed by atoms with Gasteiger partial charge in [0.15, 0.2) is 5.78 Å². The summed E-state index contributed by atoms with van der Waals surface area (Å²) in [5.41, 5.74) is -1.35. The molecule has 2 saturated heterocycles. The van der Waals surface area contributed by atoms with Gasteiger partial charge in [0.05, 0.1) is 23.3 Å². The van der Waals surface area contributed by atoms with Crippen LogP contribution in [0.4, 0.5) is 0 Å². The molecule has 2 rings (SSSR count). The van der Waals surface area contributed by atoms with Gasteiger partial charge in [-0.15, -0.1) is 0 Å². The van der Waals surface area contributed by atoms with E-state index < -0.39 is 11.2 Å². The van der Waals surface area contributed by atoms with Crippen molar-refractivity contribution in [3.63, 3.8) is 0 Å². The van der Waals surface area contributed by atoms with Gasteiger partial charge in [-0.25, -0.2) is 0 Å². The van der Waals surface area contributed by atoms with Crippen molar-refractivity contribution in [3.05, 3.63) is 0 Å². The number of alkyl halides is 2. The summed E-state index contributed by atoms with van der Waals surface area (Å²) < 4.78 is 0. The summed E-state index contributed by atoms with van der Waals surface area (Å²) in [5, 5.41) is 20.8. The van der Waals surface area contributed by atoms with Gasteiger partial charge in [0.25, 0.3) is 0 Å². The second-order valence-corrected chi connectivity index (χ2v) is 7.84. The van der Waals surface area contributed by atoms with Crippen LogP contribution < -0.4 is 0 Å². The Morgan fingerprint density at radius 1 is 1.00 bits per heavy atom. The summed E-state index contributed by atoms with van der Waals surface area (Å²) in [6.07, 6.45) is 0. The summed E-state index contributed by atoms with van der Waals surface area (Å²) in [7, 11) is 0. The maximum absolute atomic E-state index is 12.7. The zero-order chi connectivity index (χ0) is 15.1. The predicted molar refractivity (Wildman–Crippen MR) is 84.6 cm³/mol. The number of hydrogen-bond acceptors (Lipinski definition) is 5. The molecule has 0 bridgehead atoms. The second-order valence-electron chi connectivity index (χ2n) is 6.55. The summed E-state index contributed by atoms with van der Waals surface area (Å²) >= 11 is 6.82. The number of rotatable bonds is 6. The molecule has 0 spiro atoms. The Morgan fingerprint density at radius 2 is 1.30 bits per heavy atom. The van der Waals surface area contributed by atoms with Gasteiger partial charge in [-0.05, 0) is 13.8 Å². The highest BCUT2D eigenvalue weighted by atomic mass is 79.9. The summed E-state index contributed by atoms with van der Waals surface area (Å²) in [5.74, 6) is 0.143. The van der Waals surface area contributed by atoms with Gasteiger partial charge in [0, 0.05) is 36.8 Å². The van der Waals surface area contributed by atoms with Gasteiger partial charge < -0.3 is 10.2 Å². The van der Waals surface area contributed by atoms with E-state index in [0.29, 0.717) is 36.8 Å². The highest BCUT2D eigenvalue weighted by molar-refractivity contribution is 9.09. The highest BCUT2D eigenvalue weighted by Gasteiger charge is 2.47. The number of hydrogen-bond donors (Lipinski definition) is 2. The Kier molecular flexibility index (Phi) is 4.99. The molecule has 20 heavy (non-hydrogen) atoms. The Hall–Kier alpha value is 0.470. The molecule has 5 nitrogen and oxygen atoms in total. The minimum atomic E-state index is -0.676. The number of ketones is 1. The zero-order valence-electron chi connectivity index (χ0n) is 11.9. The van der Waals surface area contributed by atoms with E-state index in [1.165, 1.54) is 0 Å². The fraction of sp³-hybridized carbons (Fsp3) is 0.923. The van der Waals surface area contributed by atoms with E-state index in [0.717, 1.165) is 0 Å². The van der Waals surface area contributed by atoms with Crippen LogP contribution in [0.5, 0.6) is 0 Å². The number of carbonyl (C=O) groups is 1. The Labute approximate surface area is 136 Å². The lowest BCUT2D eigenvalue weighted by Crippen LogP contribution is -2.70. The number of Topliss-reactive ketones (excluding diaryl/α,β-unsaturated/α-hetero) is 1. The first-order chi connectivity index (χ1) is 9.19. The molecule has 2 N–H and O–H groups in total. The van der Waals surface area contributed by atoms with Crippen LogP contribution >= 0.6 is 31.9 Å².